The van der Waals surface area contributed by atoms with Gasteiger partial charge in [0.15, 0.2) is 0 Å². The number of rotatable bonds is 0. The minimum atomic E-state index is 0.220. The second-order valence-corrected chi connectivity index (χ2v) is 4.02. The first kappa shape index (κ1) is 7.56. The smallest absolute Gasteiger partial charge is 0.0699 e. The predicted octanol–water partition coefficient (Wildman–Crippen LogP) is 1.44. The molecule has 0 aromatic carbocycles. The summed E-state index contributed by atoms with van der Waals surface area (Å²) >= 11 is 0. The number of nitrogens with two attached hydrogens (primary N) is 1. The molecule has 0 aromatic rings. The fraction of sp³-hybridized carbons (Fsp3) is 1.00. The third-order valence-corrected chi connectivity index (χ3v) is 3.00. The molecule has 2 rings (SSSR count). The van der Waals surface area contributed by atoms with Gasteiger partial charge in [0.05, 0.1) is 12.2 Å². The van der Waals surface area contributed by atoms with Gasteiger partial charge < -0.3 is 10.5 Å². The zero-order chi connectivity index (χ0) is 7.73. The third kappa shape index (κ3) is 1.42. The molecule has 1 heterocycles. The highest BCUT2D eigenvalue weighted by molar-refractivity contribution is 4.92. The lowest BCUT2D eigenvalue weighted by molar-refractivity contribution is -0.0244. The number of ether oxygens (including phenoxy) is 1. The summed E-state index contributed by atoms with van der Waals surface area (Å²) in [5, 5.41) is 0. The van der Waals surface area contributed by atoms with Gasteiger partial charge in [0, 0.05) is 6.04 Å². The molecule has 64 valence electrons. The van der Waals surface area contributed by atoms with Crippen LogP contribution in [0.1, 0.15) is 38.5 Å². The fourth-order valence-corrected chi connectivity index (χ4v) is 2.42. The van der Waals surface area contributed by atoms with Crippen molar-refractivity contribution in [1.29, 1.82) is 0 Å². The van der Waals surface area contributed by atoms with Crippen LogP contribution in [0.3, 0.4) is 0 Å². The average molecular weight is 155 g/mol. The highest BCUT2D eigenvalue weighted by Crippen LogP contribution is 2.38. The Bertz CT molecular complexity index is 135. The molecule has 0 aromatic heterocycles. The van der Waals surface area contributed by atoms with Gasteiger partial charge in [-0.1, -0.05) is 19.3 Å². The van der Waals surface area contributed by atoms with Gasteiger partial charge in [-0.3, -0.25) is 0 Å². The topological polar surface area (TPSA) is 35.2 Å². The summed E-state index contributed by atoms with van der Waals surface area (Å²) in [7, 11) is 0. The summed E-state index contributed by atoms with van der Waals surface area (Å²) in [6.07, 6.45) is 7.67. The molecule has 2 N–H and O–H groups in total. The molecule has 0 radical (unpaired) electrons. The van der Waals surface area contributed by atoms with Crippen LogP contribution in [0.5, 0.6) is 0 Å². The van der Waals surface area contributed by atoms with Crippen molar-refractivity contribution >= 4 is 0 Å². The van der Waals surface area contributed by atoms with Crippen molar-refractivity contribution in [2.45, 2.75) is 50.2 Å². The van der Waals surface area contributed by atoms with Crippen LogP contribution < -0.4 is 5.73 Å². The van der Waals surface area contributed by atoms with E-state index in [1.807, 2.05) is 0 Å². The standard InChI is InChI=1S/C9H17NO/c10-8-6-9(11-7-8)4-2-1-3-5-9/h8H,1-7,10H2. The van der Waals surface area contributed by atoms with Crippen molar-refractivity contribution in [3.63, 3.8) is 0 Å². The molecule has 1 saturated carbocycles. The molecule has 1 aliphatic heterocycles. The van der Waals surface area contributed by atoms with Gasteiger partial charge in [-0.25, -0.2) is 0 Å². The number of hydrogen-bond acceptors (Lipinski definition) is 2. The van der Waals surface area contributed by atoms with Crippen LogP contribution in [0.2, 0.25) is 0 Å². The van der Waals surface area contributed by atoms with Crippen molar-refractivity contribution < 1.29 is 4.74 Å². The van der Waals surface area contributed by atoms with E-state index in [9.17, 15) is 0 Å². The van der Waals surface area contributed by atoms with E-state index in [0.29, 0.717) is 6.04 Å². The summed E-state index contributed by atoms with van der Waals surface area (Å²) in [5.74, 6) is 0. The first-order valence-corrected chi connectivity index (χ1v) is 4.70. The van der Waals surface area contributed by atoms with Crippen LogP contribution in [0, 0.1) is 0 Å². The summed E-state index contributed by atoms with van der Waals surface area (Å²) in [6, 6.07) is 0.313. The monoisotopic (exact) mass is 155 g/mol. The predicted molar refractivity (Wildman–Crippen MR) is 44.4 cm³/mol. The quantitative estimate of drug-likeness (QED) is 0.574. The van der Waals surface area contributed by atoms with Crippen LogP contribution in [-0.4, -0.2) is 18.2 Å². The Morgan fingerprint density at radius 2 is 1.91 bits per heavy atom. The van der Waals surface area contributed by atoms with E-state index in [2.05, 4.69) is 0 Å². The van der Waals surface area contributed by atoms with E-state index in [0.717, 1.165) is 13.0 Å². The third-order valence-electron chi connectivity index (χ3n) is 3.00. The molecule has 1 atom stereocenters. The van der Waals surface area contributed by atoms with Crippen LogP contribution in [0.4, 0.5) is 0 Å². The largest absolute Gasteiger partial charge is 0.373 e. The molecule has 1 spiro atoms. The van der Waals surface area contributed by atoms with Crippen LogP contribution in [-0.2, 0) is 4.74 Å². The summed E-state index contributed by atoms with van der Waals surface area (Å²) < 4.78 is 5.77. The van der Waals surface area contributed by atoms with E-state index in [1.54, 1.807) is 0 Å². The van der Waals surface area contributed by atoms with Crippen LogP contribution in [0.25, 0.3) is 0 Å². The summed E-state index contributed by atoms with van der Waals surface area (Å²) in [6.45, 7) is 0.792. The Balaban J connectivity index is 1.98. The zero-order valence-electron chi connectivity index (χ0n) is 7.01. The molecule has 1 saturated heterocycles. The normalized spacial score (nSPS) is 36.3. The second-order valence-electron chi connectivity index (χ2n) is 4.02. The molecule has 0 bridgehead atoms. The van der Waals surface area contributed by atoms with Crippen LogP contribution >= 0.6 is 0 Å². The minimum absolute atomic E-state index is 0.220. The van der Waals surface area contributed by atoms with Gasteiger partial charge in [-0.05, 0) is 19.3 Å². The Morgan fingerprint density at radius 3 is 2.45 bits per heavy atom. The maximum absolute atomic E-state index is 5.82. The summed E-state index contributed by atoms with van der Waals surface area (Å²) in [5.41, 5.74) is 6.04. The van der Waals surface area contributed by atoms with E-state index in [-0.39, 0.29) is 5.60 Å². The van der Waals surface area contributed by atoms with Gasteiger partial charge in [0.1, 0.15) is 0 Å². The first-order valence-electron chi connectivity index (χ1n) is 4.70. The molecule has 11 heavy (non-hydrogen) atoms. The Morgan fingerprint density at radius 1 is 1.18 bits per heavy atom. The van der Waals surface area contributed by atoms with Gasteiger partial charge in [0.25, 0.3) is 0 Å². The van der Waals surface area contributed by atoms with Crippen molar-refractivity contribution in [3.05, 3.63) is 0 Å². The van der Waals surface area contributed by atoms with Gasteiger partial charge in [0.2, 0.25) is 0 Å². The van der Waals surface area contributed by atoms with Gasteiger partial charge in [-0.15, -0.1) is 0 Å². The summed E-state index contributed by atoms with van der Waals surface area (Å²) in [4.78, 5) is 0. The highest BCUT2D eigenvalue weighted by atomic mass is 16.5. The second kappa shape index (κ2) is 2.76. The number of hydrogen-bond donors (Lipinski definition) is 1. The molecular formula is C9H17NO. The molecule has 1 aliphatic carbocycles. The first-order chi connectivity index (χ1) is 5.31. The van der Waals surface area contributed by atoms with Crippen molar-refractivity contribution in [3.8, 4) is 0 Å². The maximum atomic E-state index is 5.82. The average Bonchev–Trinajstić information content (AvgIpc) is 2.34. The molecule has 0 amide bonds. The van der Waals surface area contributed by atoms with Gasteiger partial charge >= 0.3 is 0 Å². The Kier molecular flexibility index (Phi) is 1.90. The minimum Gasteiger partial charge on any atom is -0.373 e. The Hall–Kier alpha value is -0.0800. The maximum Gasteiger partial charge on any atom is 0.0699 e. The van der Waals surface area contributed by atoms with Crippen LogP contribution in [0.15, 0.2) is 0 Å². The zero-order valence-corrected chi connectivity index (χ0v) is 7.01. The van der Waals surface area contributed by atoms with Crippen molar-refractivity contribution in [2.75, 3.05) is 6.61 Å². The lowest BCUT2D eigenvalue weighted by Gasteiger charge is -2.32. The van der Waals surface area contributed by atoms with E-state index in [4.69, 9.17) is 10.5 Å². The fourth-order valence-electron chi connectivity index (χ4n) is 2.42. The highest BCUT2D eigenvalue weighted by Gasteiger charge is 2.39. The van der Waals surface area contributed by atoms with Crippen molar-refractivity contribution in [2.24, 2.45) is 5.73 Å². The van der Waals surface area contributed by atoms with Gasteiger partial charge in [-0.2, -0.15) is 0 Å². The lowest BCUT2D eigenvalue weighted by Crippen LogP contribution is -2.31. The van der Waals surface area contributed by atoms with Crippen molar-refractivity contribution in [1.82, 2.24) is 0 Å². The molecule has 1 unspecified atom stereocenters. The van der Waals surface area contributed by atoms with E-state index >= 15 is 0 Å². The Labute approximate surface area is 68.1 Å². The molecule has 2 nitrogen and oxygen atoms in total. The lowest BCUT2D eigenvalue weighted by atomic mass is 9.82. The molecule has 2 heteroatoms. The molecule has 2 aliphatic rings. The molecule has 2 fully saturated rings. The SMILES string of the molecule is NC1COC2(CCCCC2)C1. The van der Waals surface area contributed by atoms with E-state index < -0.39 is 0 Å². The van der Waals surface area contributed by atoms with E-state index in [1.165, 1.54) is 32.1 Å². The molecular weight excluding hydrogens is 138 g/mol.